The number of halogens is 3. The molecule has 0 spiro atoms. The molecule has 0 amide bonds. The standard InChI is InChI=1S/C16H8BrClFN3/c17-11-5-12-10(7-21-16(12)22-8-11)4-9(6-20)15-13(18)2-1-3-14(15)19/h1-5,7-8H,(H,21,22)/b9-4+. The first-order valence-corrected chi connectivity index (χ1v) is 7.46. The molecule has 3 rings (SSSR count). The van der Waals surface area contributed by atoms with Crippen molar-refractivity contribution in [3.8, 4) is 6.07 Å². The Morgan fingerprint density at radius 2 is 2.27 bits per heavy atom. The summed E-state index contributed by atoms with van der Waals surface area (Å²) in [6.45, 7) is 0. The number of aromatic nitrogens is 2. The Balaban J connectivity index is 2.20. The van der Waals surface area contributed by atoms with Gasteiger partial charge in [-0.3, -0.25) is 0 Å². The highest BCUT2D eigenvalue weighted by molar-refractivity contribution is 9.10. The van der Waals surface area contributed by atoms with Crippen molar-refractivity contribution in [2.24, 2.45) is 0 Å². The second kappa shape index (κ2) is 5.91. The van der Waals surface area contributed by atoms with E-state index in [1.54, 1.807) is 24.5 Å². The fourth-order valence-electron chi connectivity index (χ4n) is 2.19. The SMILES string of the molecule is N#C/C(=C\c1c[nH]c2ncc(Br)cc12)c1c(F)cccc1Cl. The number of fused-ring (bicyclic) bond motifs is 1. The van der Waals surface area contributed by atoms with Crippen molar-refractivity contribution in [1.82, 2.24) is 9.97 Å². The molecule has 1 N–H and O–H groups in total. The third-order valence-electron chi connectivity index (χ3n) is 3.18. The lowest BCUT2D eigenvalue weighted by atomic mass is 10.0. The summed E-state index contributed by atoms with van der Waals surface area (Å²) >= 11 is 9.39. The maximum absolute atomic E-state index is 14.0. The van der Waals surface area contributed by atoms with Gasteiger partial charge in [-0.1, -0.05) is 17.7 Å². The topological polar surface area (TPSA) is 52.5 Å². The number of aromatic amines is 1. The van der Waals surface area contributed by atoms with Gasteiger partial charge in [0, 0.05) is 33.4 Å². The first kappa shape index (κ1) is 14.8. The normalized spacial score (nSPS) is 11.6. The van der Waals surface area contributed by atoms with Crippen LogP contribution in [0.1, 0.15) is 11.1 Å². The van der Waals surface area contributed by atoms with Crippen LogP contribution in [-0.2, 0) is 0 Å². The Hall–Kier alpha value is -2.16. The van der Waals surface area contributed by atoms with E-state index in [1.165, 1.54) is 12.1 Å². The predicted octanol–water partition coefficient (Wildman–Crippen LogP) is 5.18. The number of nitriles is 1. The van der Waals surface area contributed by atoms with Crippen LogP contribution in [0.15, 0.2) is 41.1 Å². The molecule has 0 unspecified atom stereocenters. The molecule has 3 aromatic rings. The molecule has 3 nitrogen and oxygen atoms in total. The van der Waals surface area contributed by atoms with Gasteiger partial charge in [0.05, 0.1) is 16.7 Å². The zero-order valence-electron chi connectivity index (χ0n) is 11.1. The van der Waals surface area contributed by atoms with Crippen molar-refractivity contribution in [3.05, 3.63) is 63.1 Å². The molecule has 0 saturated heterocycles. The number of allylic oxidation sites excluding steroid dienone is 1. The minimum atomic E-state index is -0.528. The average molecular weight is 377 g/mol. The molecule has 0 bridgehead atoms. The number of pyridine rings is 1. The molecule has 6 heteroatoms. The summed E-state index contributed by atoms with van der Waals surface area (Å²) < 4.78 is 14.8. The Kier molecular flexibility index (Phi) is 3.97. The Bertz CT molecular complexity index is 920. The van der Waals surface area contributed by atoms with Crippen LogP contribution in [0.2, 0.25) is 5.02 Å². The van der Waals surface area contributed by atoms with Gasteiger partial charge in [-0.05, 0) is 40.2 Å². The highest BCUT2D eigenvalue weighted by atomic mass is 79.9. The lowest BCUT2D eigenvalue weighted by Gasteiger charge is -2.04. The van der Waals surface area contributed by atoms with Gasteiger partial charge in [-0.15, -0.1) is 0 Å². The van der Waals surface area contributed by atoms with E-state index in [1.807, 2.05) is 12.1 Å². The Morgan fingerprint density at radius 1 is 1.45 bits per heavy atom. The van der Waals surface area contributed by atoms with E-state index in [9.17, 15) is 9.65 Å². The van der Waals surface area contributed by atoms with Gasteiger partial charge >= 0.3 is 0 Å². The van der Waals surface area contributed by atoms with Gasteiger partial charge in [0.25, 0.3) is 0 Å². The van der Waals surface area contributed by atoms with Crippen LogP contribution in [0.25, 0.3) is 22.7 Å². The number of hydrogen-bond acceptors (Lipinski definition) is 2. The molecular weight excluding hydrogens is 369 g/mol. The van der Waals surface area contributed by atoms with E-state index in [2.05, 4.69) is 25.9 Å². The van der Waals surface area contributed by atoms with Gasteiger partial charge in [-0.2, -0.15) is 5.26 Å². The van der Waals surface area contributed by atoms with Crippen molar-refractivity contribution >= 4 is 50.2 Å². The molecule has 0 saturated carbocycles. The molecule has 2 aromatic heterocycles. The highest BCUT2D eigenvalue weighted by Gasteiger charge is 2.13. The molecule has 22 heavy (non-hydrogen) atoms. The van der Waals surface area contributed by atoms with Crippen molar-refractivity contribution in [2.45, 2.75) is 0 Å². The van der Waals surface area contributed by atoms with Gasteiger partial charge in [0.15, 0.2) is 0 Å². The third kappa shape index (κ3) is 2.63. The van der Waals surface area contributed by atoms with Crippen LogP contribution in [0.3, 0.4) is 0 Å². The number of H-pyrrole nitrogens is 1. The highest BCUT2D eigenvalue weighted by Crippen LogP contribution is 2.30. The Labute approximate surface area is 139 Å². The summed E-state index contributed by atoms with van der Waals surface area (Å²) in [5, 5.41) is 10.4. The van der Waals surface area contributed by atoms with Crippen LogP contribution in [0.4, 0.5) is 4.39 Å². The first-order chi connectivity index (χ1) is 10.6. The molecule has 0 atom stereocenters. The summed E-state index contributed by atoms with van der Waals surface area (Å²) in [5.41, 5.74) is 1.68. The van der Waals surface area contributed by atoms with E-state index in [0.29, 0.717) is 5.65 Å². The van der Waals surface area contributed by atoms with E-state index >= 15 is 0 Å². The second-order valence-electron chi connectivity index (χ2n) is 4.56. The fourth-order valence-corrected chi connectivity index (χ4v) is 2.78. The van der Waals surface area contributed by atoms with E-state index in [-0.39, 0.29) is 16.2 Å². The van der Waals surface area contributed by atoms with Gasteiger partial charge in [-0.25, -0.2) is 9.37 Å². The molecule has 0 aliphatic heterocycles. The van der Waals surface area contributed by atoms with Crippen molar-refractivity contribution in [3.63, 3.8) is 0 Å². The third-order valence-corrected chi connectivity index (χ3v) is 3.93. The van der Waals surface area contributed by atoms with E-state index in [4.69, 9.17) is 11.6 Å². The molecule has 0 radical (unpaired) electrons. The summed E-state index contributed by atoms with van der Waals surface area (Å²) in [6.07, 6.45) is 4.98. The van der Waals surface area contributed by atoms with Gasteiger partial charge in [0.1, 0.15) is 11.5 Å². The van der Waals surface area contributed by atoms with Crippen LogP contribution in [0, 0.1) is 17.1 Å². The molecule has 0 aliphatic rings. The van der Waals surface area contributed by atoms with Crippen molar-refractivity contribution in [1.29, 1.82) is 5.26 Å². The quantitative estimate of drug-likeness (QED) is 0.626. The number of benzene rings is 1. The van der Waals surface area contributed by atoms with Crippen LogP contribution in [0.5, 0.6) is 0 Å². The zero-order valence-corrected chi connectivity index (χ0v) is 13.4. The number of nitrogens with one attached hydrogen (secondary N) is 1. The van der Waals surface area contributed by atoms with Crippen molar-refractivity contribution < 1.29 is 4.39 Å². The summed E-state index contributed by atoms with van der Waals surface area (Å²) in [6, 6.07) is 8.22. The molecular formula is C16H8BrClFN3. The minimum absolute atomic E-state index is 0.101. The first-order valence-electron chi connectivity index (χ1n) is 6.29. The van der Waals surface area contributed by atoms with Crippen LogP contribution in [-0.4, -0.2) is 9.97 Å². The fraction of sp³-hybridized carbons (Fsp3) is 0. The average Bonchev–Trinajstić information content (AvgIpc) is 2.88. The maximum atomic E-state index is 14.0. The lowest BCUT2D eigenvalue weighted by molar-refractivity contribution is 0.624. The minimum Gasteiger partial charge on any atom is -0.346 e. The number of rotatable bonds is 2. The van der Waals surface area contributed by atoms with Gasteiger partial charge < -0.3 is 4.98 Å². The second-order valence-corrected chi connectivity index (χ2v) is 5.88. The van der Waals surface area contributed by atoms with E-state index < -0.39 is 5.82 Å². The summed E-state index contributed by atoms with van der Waals surface area (Å²) in [7, 11) is 0. The molecule has 0 fully saturated rings. The van der Waals surface area contributed by atoms with Crippen molar-refractivity contribution in [2.75, 3.05) is 0 Å². The summed E-state index contributed by atoms with van der Waals surface area (Å²) in [4.78, 5) is 7.24. The van der Waals surface area contributed by atoms with Crippen LogP contribution >= 0.6 is 27.5 Å². The van der Waals surface area contributed by atoms with E-state index in [0.717, 1.165) is 15.4 Å². The summed E-state index contributed by atoms with van der Waals surface area (Å²) in [5.74, 6) is -0.528. The Morgan fingerprint density at radius 3 is 3.00 bits per heavy atom. The monoisotopic (exact) mass is 375 g/mol. The zero-order chi connectivity index (χ0) is 15.7. The predicted molar refractivity (Wildman–Crippen MR) is 88.7 cm³/mol. The largest absolute Gasteiger partial charge is 0.346 e. The number of nitrogens with zero attached hydrogens (tertiary/aromatic N) is 2. The maximum Gasteiger partial charge on any atom is 0.137 e. The molecule has 2 heterocycles. The lowest BCUT2D eigenvalue weighted by Crippen LogP contribution is -1.89. The molecule has 0 aliphatic carbocycles. The molecule has 1 aromatic carbocycles. The van der Waals surface area contributed by atoms with Crippen LogP contribution < -0.4 is 0 Å². The van der Waals surface area contributed by atoms with Gasteiger partial charge in [0.2, 0.25) is 0 Å². The smallest absolute Gasteiger partial charge is 0.137 e. The molecule has 108 valence electrons. The number of hydrogen-bond donors (Lipinski definition) is 1.